The van der Waals surface area contributed by atoms with Gasteiger partial charge in [0.1, 0.15) is 41.2 Å². The van der Waals surface area contributed by atoms with Crippen LogP contribution in [0.1, 0.15) is 73.0 Å². The zero-order valence-corrected chi connectivity index (χ0v) is 45.3. The molecule has 0 saturated carbocycles. The summed E-state index contributed by atoms with van der Waals surface area (Å²) >= 11 is 0. The van der Waals surface area contributed by atoms with Crippen LogP contribution in [0.2, 0.25) is 0 Å². The van der Waals surface area contributed by atoms with Crippen LogP contribution in [0.5, 0.6) is 11.5 Å². The fourth-order valence-electron chi connectivity index (χ4n) is 10.6. The molecule has 14 nitrogen and oxygen atoms in total. The Kier molecular flexibility index (Phi) is 16.5. The van der Waals surface area contributed by atoms with E-state index in [1.807, 2.05) is 84.9 Å². The molecule has 1 unspecified atom stereocenters. The van der Waals surface area contributed by atoms with Gasteiger partial charge in [-0.3, -0.25) is 9.36 Å². The lowest BCUT2D eigenvalue weighted by Gasteiger charge is -2.39. The topological polar surface area (TPSA) is 156 Å². The first-order chi connectivity index (χ1) is 38.0. The first kappa shape index (κ1) is 53.8. The predicted molar refractivity (Wildman–Crippen MR) is 304 cm³/mol. The molecule has 8 aromatic carbocycles. The van der Waals surface area contributed by atoms with Crippen LogP contribution in [-0.2, 0) is 35.5 Å². The third-order valence-corrected chi connectivity index (χ3v) is 16.4. The number of nitrogens with one attached hydrogen (secondary N) is 1. The van der Waals surface area contributed by atoms with Crippen molar-refractivity contribution < 1.29 is 37.5 Å². The van der Waals surface area contributed by atoms with Gasteiger partial charge < -0.3 is 38.0 Å². The van der Waals surface area contributed by atoms with Gasteiger partial charge in [-0.1, -0.05) is 127 Å². The van der Waals surface area contributed by atoms with Gasteiger partial charge in [0.25, 0.3) is 14.4 Å². The van der Waals surface area contributed by atoms with Crippen molar-refractivity contribution in [3.05, 3.63) is 214 Å². The second-order valence-corrected chi connectivity index (χ2v) is 21.1. The summed E-state index contributed by atoms with van der Waals surface area (Å²) in [5.74, 6) is 0.986. The number of ether oxygens (including phenoxy) is 5. The van der Waals surface area contributed by atoms with E-state index >= 15 is 0 Å². The number of carbonyl (C=O) groups is 1. The van der Waals surface area contributed by atoms with E-state index in [0.29, 0.717) is 17.1 Å². The fraction of sp³-hybridized carbons (Fsp3) is 0.270. The average molecular weight is 1060 g/mol. The second-order valence-electron chi connectivity index (χ2n) is 19.7. The van der Waals surface area contributed by atoms with Crippen LogP contribution < -0.4 is 20.5 Å². The number of benzene rings is 8. The average Bonchev–Trinajstić information content (AvgIpc) is 3.86. The SMILES string of the molecule is COc1ccc(C(OC[C@H]2O[C@@H](n3ccc(NC(=O)c4ccccc4)nc3=O)[C@H](OCc3ccc4ccc5cccc6ccc3c4c56)[C@@H]2OP(OCCC#N)N(C(C)C)C(C)C)(c2ccccc2)c2ccc(OC)cc2)cc1. The van der Waals surface area contributed by atoms with E-state index in [9.17, 15) is 14.9 Å². The maximum Gasteiger partial charge on any atom is 0.351 e. The van der Waals surface area contributed by atoms with E-state index in [2.05, 4.69) is 103 Å². The van der Waals surface area contributed by atoms with Gasteiger partial charge >= 0.3 is 5.69 Å². The molecule has 5 atom stereocenters. The van der Waals surface area contributed by atoms with Crippen molar-refractivity contribution >= 4 is 52.6 Å². The van der Waals surface area contributed by atoms with Crippen molar-refractivity contribution in [1.29, 1.82) is 5.26 Å². The van der Waals surface area contributed by atoms with Gasteiger partial charge in [-0.15, -0.1) is 0 Å². The second kappa shape index (κ2) is 24.0. The Bertz CT molecular complexity index is 3500. The molecule has 15 heteroatoms. The van der Waals surface area contributed by atoms with Gasteiger partial charge in [0.05, 0.1) is 46.5 Å². The summed E-state index contributed by atoms with van der Waals surface area (Å²) < 4.78 is 50.8. The zero-order chi connectivity index (χ0) is 54.3. The number of amides is 1. The smallest absolute Gasteiger partial charge is 0.351 e. The van der Waals surface area contributed by atoms with E-state index in [0.717, 1.165) is 49.2 Å². The van der Waals surface area contributed by atoms with Crippen LogP contribution in [0.25, 0.3) is 32.3 Å². The molecule has 0 aliphatic carbocycles. The molecule has 1 amide bonds. The van der Waals surface area contributed by atoms with Crippen molar-refractivity contribution in [3.63, 3.8) is 0 Å². The van der Waals surface area contributed by atoms with Gasteiger partial charge in [-0.25, -0.2) is 9.46 Å². The number of aromatic nitrogens is 2. The molecule has 0 bridgehead atoms. The Morgan fingerprint density at radius 2 is 1.32 bits per heavy atom. The maximum absolute atomic E-state index is 14.6. The van der Waals surface area contributed by atoms with Crippen LogP contribution in [0.3, 0.4) is 0 Å². The molecule has 0 radical (unpaired) electrons. The number of rotatable bonds is 22. The van der Waals surface area contributed by atoms with Crippen LogP contribution in [0.4, 0.5) is 5.82 Å². The van der Waals surface area contributed by atoms with Crippen molar-refractivity contribution in [3.8, 4) is 17.6 Å². The minimum Gasteiger partial charge on any atom is -0.497 e. The Balaban J connectivity index is 1.12. The molecule has 1 aliphatic rings. The number of anilines is 1. The van der Waals surface area contributed by atoms with Crippen molar-refractivity contribution in [1.82, 2.24) is 14.2 Å². The van der Waals surface area contributed by atoms with Crippen LogP contribution in [-0.4, -0.2) is 78.0 Å². The minimum atomic E-state index is -1.93. The summed E-state index contributed by atoms with van der Waals surface area (Å²) in [7, 11) is 1.33. The molecule has 1 saturated heterocycles. The quantitative estimate of drug-likeness (QED) is 0.0297. The molecule has 1 N–H and O–H groups in total. The number of methoxy groups -OCH3 is 2. The summed E-state index contributed by atoms with van der Waals surface area (Å²) in [6.07, 6.45) is -2.41. The molecule has 398 valence electrons. The van der Waals surface area contributed by atoms with Gasteiger partial charge in [-0.05, 0) is 125 Å². The fourth-order valence-corrected chi connectivity index (χ4v) is 12.4. The molecular weight excluding hydrogens is 1000 g/mol. The number of nitrogens with zero attached hydrogens (tertiary/aromatic N) is 4. The summed E-state index contributed by atoms with van der Waals surface area (Å²) in [4.78, 5) is 32.3. The van der Waals surface area contributed by atoms with E-state index < -0.39 is 50.3 Å². The number of nitriles is 1. The minimum absolute atomic E-state index is 0.0519. The molecule has 10 rings (SSSR count). The molecular formula is C63H62N5O9P. The lowest BCUT2D eigenvalue weighted by Crippen LogP contribution is -2.43. The van der Waals surface area contributed by atoms with Crippen LogP contribution >= 0.6 is 8.53 Å². The summed E-state index contributed by atoms with van der Waals surface area (Å²) in [6.45, 7) is 8.39. The Labute approximate surface area is 455 Å². The standard InChI is InChI=1S/C63H62N5O9P/c1-41(2)68(42(3)4)78(75-38-14-36-64)77-58-54(40-74-63(48-19-11-8-12-20-48,49-26-30-51(71-5)31-27-49)50-28-32-52(72-6)33-29-50)76-61(67-37-35-55(66-62(67)70)65-60(69)46-15-9-7-10-16-46)59(58)73-39-47-24-23-45-22-21-43-17-13-18-44-25-34-53(47)57(45)56(43)44/h7-13,15-35,37,41-42,54,58-59,61H,14,38-40H2,1-6H3,(H,65,66,69,70)/t54-,58-,59-,61-,78?/m1/s1. The Hall–Kier alpha value is -7.57. The van der Waals surface area contributed by atoms with E-state index in [1.54, 1.807) is 50.7 Å². The highest BCUT2D eigenvalue weighted by Gasteiger charge is 2.52. The summed E-state index contributed by atoms with van der Waals surface area (Å²) in [5.41, 5.74) is 1.79. The molecule has 78 heavy (non-hydrogen) atoms. The number of hydrogen-bond donors (Lipinski definition) is 1. The first-order valence-electron chi connectivity index (χ1n) is 26.1. The van der Waals surface area contributed by atoms with E-state index in [4.69, 9.17) is 32.7 Å². The predicted octanol–water partition coefficient (Wildman–Crippen LogP) is 12.6. The third kappa shape index (κ3) is 11.0. The normalized spacial score (nSPS) is 17.1. The van der Waals surface area contributed by atoms with E-state index in [1.165, 1.54) is 9.95 Å². The van der Waals surface area contributed by atoms with Crippen molar-refractivity contribution in [2.75, 3.05) is 32.8 Å². The molecule has 1 fully saturated rings. The largest absolute Gasteiger partial charge is 0.497 e. The maximum atomic E-state index is 14.6. The molecule has 9 aromatic rings. The summed E-state index contributed by atoms with van der Waals surface area (Å²) in [5, 5.41) is 19.2. The molecule has 1 aliphatic heterocycles. The number of carbonyl (C=O) groups excluding carboxylic acids is 1. The highest BCUT2D eigenvalue weighted by atomic mass is 31.2. The monoisotopic (exact) mass is 1060 g/mol. The first-order valence-corrected chi connectivity index (χ1v) is 27.3. The van der Waals surface area contributed by atoms with Crippen LogP contribution in [0, 0.1) is 11.3 Å². The Morgan fingerprint density at radius 3 is 1.92 bits per heavy atom. The molecule has 2 heterocycles. The molecule has 0 spiro atoms. The Morgan fingerprint density at radius 1 is 0.731 bits per heavy atom. The van der Waals surface area contributed by atoms with Gasteiger partial charge in [0, 0.05) is 23.8 Å². The highest BCUT2D eigenvalue weighted by Crippen LogP contribution is 2.52. The van der Waals surface area contributed by atoms with E-state index in [-0.39, 0.29) is 44.1 Å². The summed E-state index contributed by atoms with van der Waals surface area (Å²) in [6, 6.07) is 57.0. The van der Waals surface area contributed by atoms with Gasteiger partial charge in [0.2, 0.25) is 0 Å². The number of hydrogen-bond acceptors (Lipinski definition) is 12. The highest BCUT2D eigenvalue weighted by molar-refractivity contribution is 7.44. The van der Waals surface area contributed by atoms with Gasteiger partial charge in [-0.2, -0.15) is 10.2 Å². The van der Waals surface area contributed by atoms with Crippen LogP contribution in [0.15, 0.2) is 181 Å². The van der Waals surface area contributed by atoms with Crippen molar-refractivity contribution in [2.45, 2.75) is 82.9 Å². The van der Waals surface area contributed by atoms with Crippen molar-refractivity contribution in [2.24, 2.45) is 0 Å². The molecule has 1 aromatic heterocycles. The lowest BCUT2D eigenvalue weighted by molar-refractivity contribution is -0.0987. The lowest BCUT2D eigenvalue weighted by atomic mass is 9.80. The van der Waals surface area contributed by atoms with Gasteiger partial charge in [0.15, 0.2) is 6.23 Å². The zero-order valence-electron chi connectivity index (χ0n) is 44.4. The third-order valence-electron chi connectivity index (χ3n) is 14.2.